The molecule has 0 radical (unpaired) electrons. The van der Waals surface area contributed by atoms with Crippen molar-refractivity contribution < 1.29 is 0 Å². The predicted molar refractivity (Wildman–Crippen MR) is 120 cm³/mol. The quantitative estimate of drug-likeness (QED) is 0.265. The van der Waals surface area contributed by atoms with Crippen LogP contribution in [0.25, 0.3) is 0 Å². The van der Waals surface area contributed by atoms with E-state index in [1.807, 2.05) is 0 Å². The summed E-state index contributed by atoms with van der Waals surface area (Å²) in [6.45, 7) is 0. The van der Waals surface area contributed by atoms with Crippen molar-refractivity contribution in [2.75, 3.05) is 0 Å². The van der Waals surface area contributed by atoms with Crippen molar-refractivity contribution in [3.05, 3.63) is 140 Å². The number of rotatable bonds is 4. The van der Waals surface area contributed by atoms with E-state index in [0.29, 0.717) is 0 Å². The van der Waals surface area contributed by atoms with E-state index in [0.717, 1.165) is 8.95 Å². The van der Waals surface area contributed by atoms with E-state index in [1.165, 1.54) is 22.3 Å². The minimum absolute atomic E-state index is 0.442. The van der Waals surface area contributed by atoms with Gasteiger partial charge in [0.1, 0.15) is 0 Å². The lowest BCUT2D eigenvalue weighted by Crippen LogP contribution is -2.31. The highest BCUT2D eigenvalue weighted by Gasteiger charge is 2.40. The molecule has 0 aliphatic rings. The Morgan fingerprint density at radius 1 is 0.407 bits per heavy atom. The van der Waals surface area contributed by atoms with Gasteiger partial charge in [-0.3, -0.25) is 0 Å². The maximum atomic E-state index is 3.83. The van der Waals surface area contributed by atoms with Gasteiger partial charge in [-0.15, -0.1) is 0 Å². The van der Waals surface area contributed by atoms with E-state index >= 15 is 0 Å². The minimum Gasteiger partial charge on any atom is -0.0622 e. The van der Waals surface area contributed by atoms with Crippen molar-refractivity contribution in [3.8, 4) is 0 Å². The minimum atomic E-state index is -0.442. The van der Waals surface area contributed by atoms with Crippen LogP contribution in [-0.2, 0) is 5.41 Å². The zero-order valence-electron chi connectivity index (χ0n) is 14.6. The van der Waals surface area contributed by atoms with Gasteiger partial charge in [0.25, 0.3) is 0 Å². The van der Waals surface area contributed by atoms with Crippen LogP contribution in [0.2, 0.25) is 0 Å². The van der Waals surface area contributed by atoms with Crippen LogP contribution in [-0.4, -0.2) is 0 Å². The maximum Gasteiger partial charge on any atom is 0.0723 e. The highest BCUT2D eigenvalue weighted by atomic mass is 79.9. The Balaban J connectivity index is 2.20. The second kappa shape index (κ2) is 7.84. The van der Waals surface area contributed by atoms with Crippen LogP contribution in [0, 0.1) is 0 Å². The molecule has 2 heteroatoms. The summed E-state index contributed by atoms with van der Waals surface area (Å²) in [4.78, 5) is 0. The van der Waals surface area contributed by atoms with E-state index in [1.54, 1.807) is 0 Å². The Morgan fingerprint density at radius 3 is 1.11 bits per heavy atom. The Morgan fingerprint density at radius 2 is 0.741 bits per heavy atom. The molecule has 0 N–H and O–H groups in total. The molecule has 4 rings (SSSR count). The lowest BCUT2D eigenvalue weighted by molar-refractivity contribution is 0.736. The van der Waals surface area contributed by atoms with Gasteiger partial charge in [-0.25, -0.2) is 0 Å². The molecule has 0 aliphatic carbocycles. The molecule has 0 amide bonds. The van der Waals surface area contributed by atoms with Crippen LogP contribution in [0.3, 0.4) is 0 Å². The van der Waals surface area contributed by atoms with E-state index in [2.05, 4.69) is 141 Å². The van der Waals surface area contributed by atoms with Gasteiger partial charge >= 0.3 is 0 Å². The van der Waals surface area contributed by atoms with Crippen molar-refractivity contribution >= 4 is 31.9 Å². The van der Waals surface area contributed by atoms with Crippen molar-refractivity contribution in [2.45, 2.75) is 5.41 Å². The van der Waals surface area contributed by atoms with Crippen molar-refractivity contribution in [2.24, 2.45) is 0 Å². The summed E-state index contributed by atoms with van der Waals surface area (Å²) in [5.41, 5.74) is 4.46. The number of halogens is 2. The third-order valence-electron chi connectivity index (χ3n) is 4.97. The Hall–Kier alpha value is -2.16. The molecular formula is C25H18Br2. The van der Waals surface area contributed by atoms with Crippen LogP contribution in [0.4, 0.5) is 0 Å². The lowest BCUT2D eigenvalue weighted by Gasteiger charge is -2.38. The van der Waals surface area contributed by atoms with Crippen LogP contribution in [0.15, 0.2) is 118 Å². The summed E-state index contributed by atoms with van der Waals surface area (Å²) in [5, 5.41) is 0. The second-order valence-electron chi connectivity index (χ2n) is 6.44. The summed E-state index contributed by atoms with van der Waals surface area (Å²) >= 11 is 7.67. The summed E-state index contributed by atoms with van der Waals surface area (Å²) in [5.74, 6) is 0. The van der Waals surface area contributed by atoms with Crippen molar-refractivity contribution in [3.63, 3.8) is 0 Å². The van der Waals surface area contributed by atoms with Gasteiger partial charge < -0.3 is 0 Å². The molecule has 132 valence electrons. The molecule has 0 nitrogen and oxygen atoms in total. The Labute approximate surface area is 177 Å². The number of hydrogen-bond acceptors (Lipinski definition) is 0. The van der Waals surface area contributed by atoms with Gasteiger partial charge in [-0.05, 0) is 34.4 Å². The number of hydrogen-bond donors (Lipinski definition) is 0. The molecule has 27 heavy (non-hydrogen) atoms. The topological polar surface area (TPSA) is 0 Å². The highest BCUT2D eigenvalue weighted by molar-refractivity contribution is 9.10. The first kappa shape index (κ1) is 18.2. The molecule has 4 aromatic carbocycles. The largest absolute Gasteiger partial charge is 0.0723 e. The molecule has 0 heterocycles. The molecule has 0 saturated heterocycles. The molecule has 0 bridgehead atoms. The average Bonchev–Trinajstić information content (AvgIpc) is 2.73. The Kier molecular flexibility index (Phi) is 5.29. The second-order valence-corrected chi connectivity index (χ2v) is 8.15. The molecule has 0 fully saturated rings. The summed E-state index contributed by atoms with van der Waals surface area (Å²) in [6.07, 6.45) is 0. The van der Waals surface area contributed by atoms with Crippen LogP contribution < -0.4 is 0 Å². The maximum absolute atomic E-state index is 3.83. The third-order valence-corrected chi connectivity index (χ3v) is 6.35. The fourth-order valence-electron chi connectivity index (χ4n) is 3.84. The molecule has 0 atom stereocenters. The number of benzene rings is 4. The average molecular weight is 478 g/mol. The van der Waals surface area contributed by atoms with Crippen LogP contribution >= 0.6 is 31.9 Å². The van der Waals surface area contributed by atoms with E-state index in [9.17, 15) is 0 Å². The Bertz CT molecular complexity index is 953. The summed E-state index contributed by atoms with van der Waals surface area (Å²) < 4.78 is 2.18. The zero-order valence-corrected chi connectivity index (χ0v) is 17.8. The van der Waals surface area contributed by atoms with Gasteiger partial charge in [0, 0.05) is 8.95 Å². The molecule has 4 aromatic rings. The molecule has 0 unspecified atom stereocenters. The first-order chi connectivity index (χ1) is 13.2. The third kappa shape index (κ3) is 3.18. The summed E-state index contributed by atoms with van der Waals surface area (Å²) in [7, 11) is 0. The van der Waals surface area contributed by atoms with Crippen molar-refractivity contribution in [1.82, 2.24) is 0 Å². The predicted octanol–water partition coefficient (Wildman–Crippen LogP) is 7.59. The molecule has 0 saturated carbocycles. The molecular weight excluding hydrogens is 460 g/mol. The van der Waals surface area contributed by atoms with Gasteiger partial charge in [-0.2, -0.15) is 0 Å². The summed E-state index contributed by atoms with van der Waals surface area (Å²) in [6, 6.07) is 38.4. The molecule has 0 aromatic heterocycles. The van der Waals surface area contributed by atoms with E-state index in [-0.39, 0.29) is 0 Å². The van der Waals surface area contributed by atoms with E-state index < -0.39 is 5.41 Å². The first-order valence-corrected chi connectivity index (χ1v) is 10.4. The van der Waals surface area contributed by atoms with Gasteiger partial charge in [0.15, 0.2) is 0 Å². The molecule has 0 spiro atoms. The standard InChI is InChI=1S/C25H18Br2/c26-23-17-9-7-15-21(23)25(19-11-3-1-4-12-19,20-13-5-2-6-14-20)22-16-8-10-18-24(22)27/h1-18H. The van der Waals surface area contributed by atoms with Gasteiger partial charge in [0.2, 0.25) is 0 Å². The van der Waals surface area contributed by atoms with Gasteiger partial charge in [-0.1, -0.05) is 129 Å². The fraction of sp³-hybridized carbons (Fsp3) is 0.0400. The van der Waals surface area contributed by atoms with Crippen LogP contribution in [0.5, 0.6) is 0 Å². The highest BCUT2D eigenvalue weighted by Crippen LogP contribution is 2.49. The lowest BCUT2D eigenvalue weighted by atomic mass is 9.65. The van der Waals surface area contributed by atoms with Crippen molar-refractivity contribution in [1.29, 1.82) is 0 Å². The first-order valence-electron chi connectivity index (χ1n) is 8.85. The monoisotopic (exact) mass is 476 g/mol. The fourth-order valence-corrected chi connectivity index (χ4v) is 5.01. The van der Waals surface area contributed by atoms with E-state index in [4.69, 9.17) is 0 Å². The SMILES string of the molecule is Brc1ccccc1C(c1ccccc1)(c1ccccc1)c1ccccc1Br. The van der Waals surface area contributed by atoms with Crippen LogP contribution in [0.1, 0.15) is 22.3 Å². The van der Waals surface area contributed by atoms with Gasteiger partial charge in [0.05, 0.1) is 5.41 Å². The normalized spacial score (nSPS) is 11.3. The smallest absolute Gasteiger partial charge is 0.0622 e. The zero-order chi connectivity index (χ0) is 18.7. The molecule has 0 aliphatic heterocycles.